The number of carbonyl (C=O) groups excluding carboxylic acids is 1. The molecular formula is C15H22N2O2. The van der Waals surface area contributed by atoms with E-state index >= 15 is 0 Å². The number of rotatable bonds is 3. The van der Waals surface area contributed by atoms with E-state index in [1.165, 1.54) is 12.8 Å². The summed E-state index contributed by atoms with van der Waals surface area (Å²) in [5, 5.41) is 3.44. The predicted molar refractivity (Wildman–Crippen MR) is 76.6 cm³/mol. The number of anilines is 1. The number of methoxy groups -OCH3 is 1. The summed E-state index contributed by atoms with van der Waals surface area (Å²) < 4.78 is 4.72. The van der Waals surface area contributed by atoms with Crippen molar-refractivity contribution in [1.29, 1.82) is 0 Å². The third-order valence-corrected chi connectivity index (χ3v) is 3.67. The van der Waals surface area contributed by atoms with E-state index in [1.54, 1.807) is 0 Å². The van der Waals surface area contributed by atoms with Crippen molar-refractivity contribution in [2.75, 3.05) is 31.6 Å². The van der Waals surface area contributed by atoms with Crippen LogP contribution < -0.4 is 10.2 Å². The van der Waals surface area contributed by atoms with Crippen molar-refractivity contribution >= 4 is 11.7 Å². The zero-order valence-corrected chi connectivity index (χ0v) is 11.8. The molecule has 104 valence electrons. The number of nitrogens with one attached hydrogen (secondary N) is 1. The molecule has 1 aliphatic rings. The minimum absolute atomic E-state index is 0.285. The maximum Gasteiger partial charge on any atom is 0.337 e. The predicted octanol–water partition coefficient (Wildman–Crippen LogP) is 1.91. The Morgan fingerprint density at radius 2 is 2.05 bits per heavy atom. The van der Waals surface area contributed by atoms with Crippen molar-refractivity contribution in [3.63, 3.8) is 0 Å². The molecule has 1 N–H and O–H groups in total. The van der Waals surface area contributed by atoms with Crippen LogP contribution >= 0.6 is 0 Å². The number of hydrogen-bond acceptors (Lipinski definition) is 4. The Balaban J connectivity index is 2.18. The van der Waals surface area contributed by atoms with Crippen molar-refractivity contribution in [2.45, 2.75) is 19.9 Å². The molecule has 0 saturated carbocycles. The Hall–Kier alpha value is -1.55. The van der Waals surface area contributed by atoms with Gasteiger partial charge in [-0.05, 0) is 30.2 Å². The van der Waals surface area contributed by atoms with Gasteiger partial charge in [0.25, 0.3) is 0 Å². The minimum atomic E-state index is -0.285. The van der Waals surface area contributed by atoms with Crippen molar-refractivity contribution in [2.24, 2.45) is 5.92 Å². The van der Waals surface area contributed by atoms with Gasteiger partial charge in [0.2, 0.25) is 0 Å². The van der Waals surface area contributed by atoms with Crippen LogP contribution in [0.2, 0.25) is 0 Å². The average Bonchev–Trinajstić information content (AvgIpc) is 2.46. The summed E-state index contributed by atoms with van der Waals surface area (Å²) in [5.41, 5.74) is 1.77. The largest absolute Gasteiger partial charge is 0.465 e. The Morgan fingerprint density at radius 1 is 1.37 bits per heavy atom. The smallest absolute Gasteiger partial charge is 0.337 e. The van der Waals surface area contributed by atoms with Gasteiger partial charge in [0, 0.05) is 31.4 Å². The molecule has 0 spiro atoms. The highest BCUT2D eigenvalue weighted by Crippen LogP contribution is 2.23. The summed E-state index contributed by atoms with van der Waals surface area (Å²) in [5.74, 6) is 0.306. The van der Waals surface area contributed by atoms with Gasteiger partial charge >= 0.3 is 5.97 Å². The minimum Gasteiger partial charge on any atom is -0.465 e. The molecule has 0 radical (unpaired) electrons. The van der Waals surface area contributed by atoms with Gasteiger partial charge in [0.1, 0.15) is 0 Å². The van der Waals surface area contributed by atoms with Crippen LogP contribution in [0.1, 0.15) is 24.2 Å². The molecule has 1 saturated heterocycles. The molecule has 0 aromatic heterocycles. The molecular weight excluding hydrogens is 240 g/mol. The molecule has 1 aromatic carbocycles. The van der Waals surface area contributed by atoms with E-state index in [-0.39, 0.29) is 5.97 Å². The number of benzene rings is 1. The SMILES string of the molecule is COC(=O)c1ccc(N2CCNCC2C(C)C)cc1. The van der Waals surface area contributed by atoms with E-state index in [4.69, 9.17) is 4.74 Å². The molecule has 0 bridgehead atoms. The lowest BCUT2D eigenvalue weighted by atomic mass is 9.99. The van der Waals surface area contributed by atoms with Crippen LogP contribution in [0.3, 0.4) is 0 Å². The molecule has 1 unspecified atom stereocenters. The Kier molecular flexibility index (Phi) is 4.43. The maximum atomic E-state index is 11.4. The van der Waals surface area contributed by atoms with Gasteiger partial charge in [-0.1, -0.05) is 13.8 Å². The molecule has 2 rings (SSSR count). The average molecular weight is 262 g/mol. The number of hydrogen-bond donors (Lipinski definition) is 1. The fourth-order valence-corrected chi connectivity index (χ4v) is 2.55. The fraction of sp³-hybridized carbons (Fsp3) is 0.533. The third kappa shape index (κ3) is 3.07. The van der Waals surface area contributed by atoms with Gasteiger partial charge in [0.05, 0.1) is 12.7 Å². The maximum absolute atomic E-state index is 11.4. The summed E-state index contributed by atoms with van der Waals surface area (Å²) in [7, 11) is 1.40. The summed E-state index contributed by atoms with van der Waals surface area (Å²) in [6.07, 6.45) is 0. The van der Waals surface area contributed by atoms with E-state index in [0.29, 0.717) is 17.5 Å². The van der Waals surface area contributed by atoms with Crippen molar-refractivity contribution in [1.82, 2.24) is 5.32 Å². The lowest BCUT2D eigenvalue weighted by Crippen LogP contribution is -2.53. The van der Waals surface area contributed by atoms with Gasteiger partial charge in [-0.2, -0.15) is 0 Å². The van der Waals surface area contributed by atoms with Gasteiger partial charge in [-0.15, -0.1) is 0 Å². The molecule has 1 fully saturated rings. The Morgan fingerprint density at radius 3 is 2.63 bits per heavy atom. The van der Waals surface area contributed by atoms with Crippen LogP contribution in [-0.4, -0.2) is 38.8 Å². The molecule has 4 nitrogen and oxygen atoms in total. The first kappa shape index (κ1) is 13.9. The zero-order valence-electron chi connectivity index (χ0n) is 11.8. The van der Waals surface area contributed by atoms with E-state index in [0.717, 1.165) is 19.6 Å². The monoisotopic (exact) mass is 262 g/mol. The van der Waals surface area contributed by atoms with Crippen molar-refractivity contribution in [3.05, 3.63) is 29.8 Å². The van der Waals surface area contributed by atoms with Crippen LogP contribution in [0.4, 0.5) is 5.69 Å². The molecule has 1 aliphatic heterocycles. The van der Waals surface area contributed by atoms with Crippen molar-refractivity contribution < 1.29 is 9.53 Å². The molecule has 0 amide bonds. The fourth-order valence-electron chi connectivity index (χ4n) is 2.55. The highest BCUT2D eigenvalue weighted by molar-refractivity contribution is 5.89. The summed E-state index contributed by atoms with van der Waals surface area (Å²) in [4.78, 5) is 13.8. The third-order valence-electron chi connectivity index (χ3n) is 3.67. The van der Waals surface area contributed by atoms with Crippen LogP contribution in [0.25, 0.3) is 0 Å². The molecule has 1 heterocycles. The Labute approximate surface area is 114 Å². The number of esters is 1. The quantitative estimate of drug-likeness (QED) is 0.845. The Bertz CT molecular complexity index is 428. The first-order chi connectivity index (χ1) is 9.13. The zero-order chi connectivity index (χ0) is 13.8. The van der Waals surface area contributed by atoms with E-state index in [2.05, 4.69) is 24.1 Å². The van der Waals surface area contributed by atoms with E-state index in [1.807, 2.05) is 24.3 Å². The lowest BCUT2D eigenvalue weighted by molar-refractivity contribution is 0.0601. The van der Waals surface area contributed by atoms with Gasteiger partial charge in [-0.25, -0.2) is 4.79 Å². The summed E-state index contributed by atoms with van der Waals surface area (Å²) in [6, 6.07) is 8.18. The number of ether oxygens (including phenoxy) is 1. The van der Waals surface area contributed by atoms with E-state index in [9.17, 15) is 4.79 Å². The van der Waals surface area contributed by atoms with Gasteiger partial charge in [-0.3, -0.25) is 0 Å². The molecule has 0 aliphatic carbocycles. The van der Waals surface area contributed by atoms with Gasteiger partial charge in [0.15, 0.2) is 0 Å². The van der Waals surface area contributed by atoms with E-state index < -0.39 is 0 Å². The normalized spacial score (nSPS) is 19.6. The van der Waals surface area contributed by atoms with Crippen LogP contribution in [-0.2, 0) is 4.74 Å². The van der Waals surface area contributed by atoms with Crippen LogP contribution in [0.15, 0.2) is 24.3 Å². The van der Waals surface area contributed by atoms with Crippen LogP contribution in [0.5, 0.6) is 0 Å². The molecule has 1 aromatic rings. The standard InChI is InChI=1S/C15H22N2O2/c1-11(2)14-10-16-8-9-17(14)13-6-4-12(5-7-13)15(18)19-3/h4-7,11,14,16H,8-10H2,1-3H3. The second kappa shape index (κ2) is 6.06. The summed E-state index contributed by atoms with van der Waals surface area (Å²) >= 11 is 0. The summed E-state index contributed by atoms with van der Waals surface area (Å²) in [6.45, 7) is 7.50. The number of piperazine rings is 1. The molecule has 4 heteroatoms. The highest BCUT2D eigenvalue weighted by atomic mass is 16.5. The molecule has 19 heavy (non-hydrogen) atoms. The molecule has 1 atom stereocenters. The van der Waals surface area contributed by atoms with Crippen LogP contribution in [0, 0.1) is 5.92 Å². The van der Waals surface area contributed by atoms with Gasteiger partial charge < -0.3 is 15.0 Å². The highest BCUT2D eigenvalue weighted by Gasteiger charge is 2.25. The number of carbonyl (C=O) groups is 1. The lowest BCUT2D eigenvalue weighted by Gasteiger charge is -2.40. The number of nitrogens with zero attached hydrogens (tertiary/aromatic N) is 1. The topological polar surface area (TPSA) is 41.6 Å². The second-order valence-corrected chi connectivity index (χ2v) is 5.25. The first-order valence-corrected chi connectivity index (χ1v) is 6.79. The van der Waals surface area contributed by atoms with Crippen molar-refractivity contribution in [3.8, 4) is 0 Å². The second-order valence-electron chi connectivity index (χ2n) is 5.25. The first-order valence-electron chi connectivity index (χ1n) is 6.79.